The van der Waals surface area contributed by atoms with Gasteiger partial charge in [0.25, 0.3) is 0 Å². The van der Waals surface area contributed by atoms with Crippen molar-refractivity contribution in [2.45, 2.75) is 32.5 Å². The van der Waals surface area contributed by atoms with Gasteiger partial charge in [-0.1, -0.05) is 13.8 Å². The van der Waals surface area contributed by atoms with Gasteiger partial charge in [0.05, 0.1) is 0 Å². The Morgan fingerprint density at radius 3 is 2.17 bits per heavy atom. The van der Waals surface area contributed by atoms with Crippen molar-refractivity contribution in [2.75, 3.05) is 13.1 Å². The number of carboxylic acid groups (broad SMARTS) is 1. The maximum Gasteiger partial charge on any atom is 0.406 e. The minimum atomic E-state index is -4.63. The lowest BCUT2D eigenvalue weighted by Crippen LogP contribution is -2.44. The van der Waals surface area contributed by atoms with Crippen LogP contribution in [0.3, 0.4) is 0 Å². The largest absolute Gasteiger partial charge is 0.480 e. The molecule has 1 atom stereocenters. The Kier molecular flexibility index (Phi) is 6.10. The van der Waals surface area contributed by atoms with Crippen molar-refractivity contribution >= 4 is 11.9 Å². The van der Waals surface area contributed by atoms with E-state index in [0.717, 1.165) is 0 Å². The third kappa shape index (κ3) is 7.10. The molecule has 18 heavy (non-hydrogen) atoms. The third-order valence-electron chi connectivity index (χ3n) is 2.32. The third-order valence-corrected chi connectivity index (χ3v) is 2.32. The van der Waals surface area contributed by atoms with E-state index in [-0.39, 0.29) is 17.2 Å². The molecular formula is C10H17F3N2O3. The Bertz CT molecular complexity index is 305. The van der Waals surface area contributed by atoms with E-state index >= 15 is 0 Å². The van der Waals surface area contributed by atoms with Crippen LogP contribution in [0.1, 0.15) is 20.3 Å². The normalized spacial score (nSPS) is 13.5. The van der Waals surface area contributed by atoms with E-state index in [4.69, 9.17) is 10.8 Å². The zero-order valence-corrected chi connectivity index (χ0v) is 10.2. The van der Waals surface area contributed by atoms with Crippen LogP contribution in [0.15, 0.2) is 0 Å². The smallest absolute Gasteiger partial charge is 0.406 e. The van der Waals surface area contributed by atoms with E-state index in [2.05, 4.69) is 0 Å². The van der Waals surface area contributed by atoms with Gasteiger partial charge in [-0.15, -0.1) is 0 Å². The summed E-state index contributed by atoms with van der Waals surface area (Å²) in [6, 6.07) is -0.595. The molecule has 0 bridgehead atoms. The first-order chi connectivity index (χ1) is 8.03. The van der Waals surface area contributed by atoms with Gasteiger partial charge < -0.3 is 15.7 Å². The predicted molar refractivity (Wildman–Crippen MR) is 57.7 cm³/mol. The predicted octanol–water partition coefficient (Wildman–Crippen LogP) is 0.835. The molecule has 0 rings (SSSR count). The van der Waals surface area contributed by atoms with Crippen LogP contribution in [0.25, 0.3) is 0 Å². The van der Waals surface area contributed by atoms with Crippen LogP contribution in [-0.2, 0) is 9.59 Å². The van der Waals surface area contributed by atoms with Crippen LogP contribution in [-0.4, -0.2) is 47.2 Å². The summed E-state index contributed by atoms with van der Waals surface area (Å²) in [7, 11) is 0. The Morgan fingerprint density at radius 2 is 1.83 bits per heavy atom. The molecule has 0 saturated carbocycles. The molecule has 1 amide bonds. The van der Waals surface area contributed by atoms with Gasteiger partial charge in [-0.2, -0.15) is 13.2 Å². The summed E-state index contributed by atoms with van der Waals surface area (Å²) in [4.78, 5) is 22.2. The Balaban J connectivity index is 4.64. The summed E-state index contributed by atoms with van der Waals surface area (Å²) in [5, 5.41) is 8.48. The van der Waals surface area contributed by atoms with Crippen molar-refractivity contribution in [3.8, 4) is 0 Å². The highest BCUT2D eigenvalue weighted by molar-refractivity contribution is 5.81. The van der Waals surface area contributed by atoms with Crippen molar-refractivity contribution in [3.05, 3.63) is 0 Å². The molecule has 0 aromatic carbocycles. The molecule has 0 saturated heterocycles. The fourth-order valence-corrected chi connectivity index (χ4v) is 1.18. The number of halogens is 3. The number of aliphatic carboxylic acids is 1. The van der Waals surface area contributed by atoms with Crippen LogP contribution in [0, 0.1) is 5.92 Å². The van der Waals surface area contributed by atoms with Crippen molar-refractivity contribution in [3.63, 3.8) is 0 Å². The molecule has 0 aromatic heterocycles. The maximum atomic E-state index is 12.2. The molecule has 0 aliphatic rings. The van der Waals surface area contributed by atoms with Gasteiger partial charge in [-0.3, -0.25) is 9.59 Å². The highest BCUT2D eigenvalue weighted by Crippen LogP contribution is 2.17. The van der Waals surface area contributed by atoms with E-state index in [1.54, 1.807) is 13.8 Å². The topological polar surface area (TPSA) is 83.6 Å². The first-order valence-corrected chi connectivity index (χ1v) is 5.35. The average Bonchev–Trinajstić information content (AvgIpc) is 2.13. The molecule has 106 valence electrons. The second kappa shape index (κ2) is 6.58. The minimum Gasteiger partial charge on any atom is -0.480 e. The van der Waals surface area contributed by atoms with Crippen LogP contribution in [0.2, 0.25) is 0 Å². The van der Waals surface area contributed by atoms with Gasteiger partial charge in [-0.05, 0) is 5.92 Å². The molecule has 3 N–H and O–H groups in total. The fourth-order valence-electron chi connectivity index (χ4n) is 1.18. The van der Waals surface area contributed by atoms with E-state index in [9.17, 15) is 22.8 Å². The fraction of sp³-hybridized carbons (Fsp3) is 0.800. The molecule has 0 spiro atoms. The van der Waals surface area contributed by atoms with Gasteiger partial charge in [-0.25, -0.2) is 0 Å². The summed E-state index contributed by atoms with van der Waals surface area (Å²) >= 11 is 0. The molecule has 0 aromatic rings. The van der Waals surface area contributed by atoms with Gasteiger partial charge in [0.15, 0.2) is 0 Å². The molecular weight excluding hydrogens is 253 g/mol. The Morgan fingerprint density at radius 1 is 1.33 bits per heavy atom. The number of hydrogen-bond acceptors (Lipinski definition) is 3. The van der Waals surface area contributed by atoms with Gasteiger partial charge >= 0.3 is 12.1 Å². The molecule has 0 aliphatic carbocycles. The minimum absolute atomic E-state index is 0.0773. The lowest BCUT2D eigenvalue weighted by Gasteiger charge is -2.24. The van der Waals surface area contributed by atoms with Crippen LogP contribution < -0.4 is 5.73 Å². The highest BCUT2D eigenvalue weighted by atomic mass is 19.4. The Hall–Kier alpha value is -1.31. The number of carbonyl (C=O) groups is 2. The van der Waals surface area contributed by atoms with Crippen molar-refractivity contribution in [1.82, 2.24) is 4.90 Å². The van der Waals surface area contributed by atoms with Gasteiger partial charge in [0.2, 0.25) is 5.91 Å². The van der Waals surface area contributed by atoms with E-state index < -0.39 is 37.2 Å². The molecule has 1 unspecified atom stereocenters. The monoisotopic (exact) mass is 270 g/mol. The van der Waals surface area contributed by atoms with E-state index in [1.807, 2.05) is 0 Å². The lowest BCUT2D eigenvalue weighted by atomic mass is 10.0. The van der Waals surface area contributed by atoms with Crippen LogP contribution >= 0.6 is 0 Å². The zero-order chi connectivity index (χ0) is 14.5. The molecule has 0 fully saturated rings. The van der Waals surface area contributed by atoms with E-state index in [1.165, 1.54) is 0 Å². The lowest BCUT2D eigenvalue weighted by molar-refractivity contribution is -0.166. The number of hydrogen-bond donors (Lipinski definition) is 2. The van der Waals surface area contributed by atoms with E-state index in [0.29, 0.717) is 0 Å². The van der Waals surface area contributed by atoms with Crippen LogP contribution in [0.5, 0.6) is 0 Å². The Labute approximate surface area is 103 Å². The number of nitrogens with two attached hydrogens (primary N) is 1. The first kappa shape index (κ1) is 16.7. The van der Waals surface area contributed by atoms with Gasteiger partial charge in [0, 0.05) is 12.5 Å². The number of rotatable bonds is 6. The average molecular weight is 270 g/mol. The van der Waals surface area contributed by atoms with Gasteiger partial charge in [0.1, 0.15) is 13.1 Å². The highest BCUT2D eigenvalue weighted by Gasteiger charge is 2.34. The summed E-state index contributed by atoms with van der Waals surface area (Å²) in [5.41, 5.74) is 5.57. The molecule has 8 heteroatoms. The zero-order valence-electron chi connectivity index (χ0n) is 10.2. The number of alkyl halides is 3. The number of carboxylic acids is 1. The van der Waals surface area contributed by atoms with Crippen molar-refractivity contribution in [2.24, 2.45) is 11.7 Å². The SMILES string of the molecule is CC(C)C(N)CC(=O)N(CC(=O)O)CC(F)(F)F. The van der Waals surface area contributed by atoms with Crippen molar-refractivity contribution < 1.29 is 27.9 Å². The number of nitrogens with zero attached hydrogens (tertiary/aromatic N) is 1. The summed E-state index contributed by atoms with van der Waals surface area (Å²) in [6.45, 7) is 0.887. The second-order valence-corrected chi connectivity index (χ2v) is 4.37. The maximum absolute atomic E-state index is 12.2. The molecule has 0 heterocycles. The van der Waals surface area contributed by atoms with Crippen molar-refractivity contribution in [1.29, 1.82) is 0 Å². The molecule has 5 nitrogen and oxygen atoms in total. The summed E-state index contributed by atoms with van der Waals surface area (Å²) < 4.78 is 36.6. The quantitative estimate of drug-likeness (QED) is 0.749. The summed E-state index contributed by atoms with van der Waals surface area (Å²) in [5.74, 6) is -2.48. The molecule has 0 aliphatic heterocycles. The van der Waals surface area contributed by atoms with Crippen LogP contribution in [0.4, 0.5) is 13.2 Å². The molecule has 0 radical (unpaired) electrons. The standard InChI is InChI=1S/C10H17F3N2O3/c1-6(2)7(14)3-8(16)15(4-9(17)18)5-10(11,12)13/h6-7H,3-5,14H2,1-2H3,(H,17,18). The first-order valence-electron chi connectivity index (χ1n) is 5.35. The summed E-state index contributed by atoms with van der Waals surface area (Å²) in [6.07, 6.45) is -4.94. The second-order valence-electron chi connectivity index (χ2n) is 4.37. The number of amides is 1. The number of carbonyl (C=O) groups excluding carboxylic acids is 1.